The summed E-state index contributed by atoms with van der Waals surface area (Å²) in [7, 11) is 2.50. The van der Waals surface area contributed by atoms with E-state index in [1.807, 2.05) is 19.1 Å². The molecule has 1 aromatic rings. The normalized spacial score (nSPS) is 10.1. The Hall–Kier alpha value is -1.84. The van der Waals surface area contributed by atoms with E-state index in [1.54, 1.807) is 6.07 Å². The van der Waals surface area contributed by atoms with Crippen molar-refractivity contribution < 1.29 is 19.1 Å². The van der Waals surface area contributed by atoms with E-state index in [4.69, 9.17) is 0 Å². The number of carbonyl (C=O) groups excluding carboxylic acids is 2. The Morgan fingerprint density at radius 2 is 1.88 bits per heavy atom. The van der Waals surface area contributed by atoms with E-state index in [1.165, 1.54) is 14.2 Å². The lowest BCUT2D eigenvalue weighted by molar-refractivity contribution is -0.158. The predicted octanol–water partition coefficient (Wildman–Crippen LogP) is 1.30. The molecule has 0 unspecified atom stereocenters. The first-order chi connectivity index (χ1) is 8.08. The van der Waals surface area contributed by atoms with Crippen LogP contribution < -0.4 is 0 Å². The highest BCUT2D eigenvalue weighted by Gasteiger charge is 2.28. The van der Waals surface area contributed by atoms with Crippen LogP contribution in [0.1, 0.15) is 11.1 Å². The van der Waals surface area contributed by atoms with Gasteiger partial charge in [0.15, 0.2) is 5.92 Å². The molecule has 1 aromatic carbocycles. The molecule has 1 radical (unpaired) electrons. The average Bonchev–Trinajstić information content (AvgIpc) is 2.34. The van der Waals surface area contributed by atoms with E-state index >= 15 is 0 Å². The fourth-order valence-corrected chi connectivity index (χ4v) is 1.53. The fourth-order valence-electron chi connectivity index (χ4n) is 1.53. The van der Waals surface area contributed by atoms with Crippen molar-refractivity contribution in [1.29, 1.82) is 0 Å². The smallest absolute Gasteiger partial charge is 0.320 e. The molecule has 0 aliphatic rings. The summed E-state index contributed by atoms with van der Waals surface area (Å²) in [6.07, 6.45) is 0.237. The van der Waals surface area contributed by atoms with Crippen molar-refractivity contribution in [2.75, 3.05) is 14.2 Å². The van der Waals surface area contributed by atoms with Crippen LogP contribution in [0, 0.1) is 18.9 Å². The number of hydrogen-bond donors (Lipinski definition) is 0. The van der Waals surface area contributed by atoms with Crippen molar-refractivity contribution in [3.8, 4) is 0 Å². The van der Waals surface area contributed by atoms with Crippen LogP contribution in [0.3, 0.4) is 0 Å². The monoisotopic (exact) mass is 235 g/mol. The van der Waals surface area contributed by atoms with Gasteiger partial charge in [0.05, 0.1) is 14.2 Å². The number of aryl methyl sites for hydroxylation is 1. The Labute approximate surface area is 101 Å². The molecule has 0 saturated carbocycles. The molecule has 0 aliphatic heterocycles. The minimum atomic E-state index is -0.928. The summed E-state index contributed by atoms with van der Waals surface area (Å²) in [6, 6.07) is 8.51. The van der Waals surface area contributed by atoms with E-state index in [2.05, 4.69) is 15.5 Å². The summed E-state index contributed by atoms with van der Waals surface area (Å²) in [5.41, 5.74) is 1.83. The summed E-state index contributed by atoms with van der Waals surface area (Å²) < 4.78 is 9.17. The molecule has 0 amide bonds. The second-order valence-electron chi connectivity index (χ2n) is 3.69. The summed E-state index contributed by atoms with van der Waals surface area (Å²) in [5.74, 6) is -2.11. The third kappa shape index (κ3) is 3.59. The molecular weight excluding hydrogens is 220 g/mol. The van der Waals surface area contributed by atoms with Crippen LogP contribution >= 0.6 is 0 Å². The van der Waals surface area contributed by atoms with E-state index in [-0.39, 0.29) is 6.42 Å². The second kappa shape index (κ2) is 6.03. The summed E-state index contributed by atoms with van der Waals surface area (Å²) >= 11 is 0. The van der Waals surface area contributed by atoms with E-state index < -0.39 is 17.9 Å². The van der Waals surface area contributed by atoms with Crippen molar-refractivity contribution in [3.05, 3.63) is 35.4 Å². The molecule has 0 spiro atoms. The van der Waals surface area contributed by atoms with E-state index in [9.17, 15) is 9.59 Å². The number of esters is 2. The summed E-state index contributed by atoms with van der Waals surface area (Å²) in [6.45, 7) is 1.93. The van der Waals surface area contributed by atoms with Gasteiger partial charge in [0.1, 0.15) is 0 Å². The first-order valence-electron chi connectivity index (χ1n) is 5.21. The Balaban J connectivity index is 2.86. The van der Waals surface area contributed by atoms with Crippen LogP contribution in [0.2, 0.25) is 0 Å². The molecule has 0 fully saturated rings. The van der Waals surface area contributed by atoms with Crippen molar-refractivity contribution in [1.82, 2.24) is 0 Å². The second-order valence-corrected chi connectivity index (χ2v) is 3.69. The maximum atomic E-state index is 11.5. The van der Waals surface area contributed by atoms with Crippen LogP contribution in [0.15, 0.2) is 18.2 Å². The molecule has 0 atom stereocenters. The number of hydrogen-bond acceptors (Lipinski definition) is 4. The maximum absolute atomic E-state index is 11.5. The topological polar surface area (TPSA) is 52.6 Å². The van der Waals surface area contributed by atoms with Gasteiger partial charge in [-0.1, -0.05) is 23.8 Å². The Morgan fingerprint density at radius 3 is 2.35 bits per heavy atom. The zero-order valence-electron chi connectivity index (χ0n) is 10.1. The lowest BCUT2D eigenvalue weighted by atomic mass is 9.98. The van der Waals surface area contributed by atoms with Gasteiger partial charge < -0.3 is 9.47 Å². The van der Waals surface area contributed by atoms with Gasteiger partial charge in [-0.05, 0) is 25.0 Å². The Kier molecular flexibility index (Phi) is 4.69. The van der Waals surface area contributed by atoms with Gasteiger partial charge in [0.2, 0.25) is 0 Å². The molecular formula is C13H15O4. The third-order valence-electron chi connectivity index (χ3n) is 2.41. The maximum Gasteiger partial charge on any atom is 0.320 e. The number of methoxy groups -OCH3 is 2. The van der Waals surface area contributed by atoms with Crippen molar-refractivity contribution >= 4 is 11.9 Å². The molecule has 0 bridgehead atoms. The van der Waals surface area contributed by atoms with Gasteiger partial charge in [-0.3, -0.25) is 9.59 Å². The van der Waals surface area contributed by atoms with E-state index in [0.29, 0.717) is 0 Å². The molecule has 91 valence electrons. The van der Waals surface area contributed by atoms with E-state index in [0.717, 1.165) is 11.1 Å². The largest absolute Gasteiger partial charge is 0.468 e. The standard InChI is InChI=1S/C13H15O4/c1-9-5-4-6-10(7-9)8-11(12(14)16-2)13(15)17-3/h4-5,7,11H,8H2,1-3H3. The van der Waals surface area contributed by atoms with Crippen LogP contribution in [0.5, 0.6) is 0 Å². The lowest BCUT2D eigenvalue weighted by Gasteiger charge is -2.12. The SMILES string of the molecule is COC(=O)C(Cc1[c]ccc(C)c1)C(=O)OC. The molecule has 4 nitrogen and oxygen atoms in total. The minimum absolute atomic E-state index is 0.237. The zero-order valence-corrected chi connectivity index (χ0v) is 10.1. The number of carbonyl (C=O) groups is 2. The van der Waals surface area contributed by atoms with Gasteiger partial charge in [-0.2, -0.15) is 0 Å². The molecule has 17 heavy (non-hydrogen) atoms. The van der Waals surface area contributed by atoms with Gasteiger partial charge >= 0.3 is 11.9 Å². The van der Waals surface area contributed by atoms with Gasteiger partial charge in [-0.15, -0.1) is 0 Å². The number of ether oxygens (including phenoxy) is 2. The van der Waals surface area contributed by atoms with Crippen LogP contribution in [0.25, 0.3) is 0 Å². The highest BCUT2D eigenvalue weighted by Crippen LogP contribution is 2.13. The lowest BCUT2D eigenvalue weighted by Crippen LogP contribution is -2.28. The Bertz CT molecular complexity index is 396. The van der Waals surface area contributed by atoms with Crippen LogP contribution in [-0.4, -0.2) is 26.2 Å². The quantitative estimate of drug-likeness (QED) is 0.583. The molecule has 0 aromatic heterocycles. The third-order valence-corrected chi connectivity index (χ3v) is 2.41. The van der Waals surface area contributed by atoms with Gasteiger partial charge in [0, 0.05) is 0 Å². The van der Waals surface area contributed by atoms with Crippen LogP contribution in [-0.2, 0) is 25.5 Å². The molecule has 0 saturated heterocycles. The fraction of sp³-hybridized carbons (Fsp3) is 0.385. The van der Waals surface area contributed by atoms with Gasteiger partial charge in [-0.25, -0.2) is 0 Å². The van der Waals surface area contributed by atoms with Crippen molar-refractivity contribution in [3.63, 3.8) is 0 Å². The summed E-state index contributed by atoms with van der Waals surface area (Å²) in [4.78, 5) is 22.9. The molecule has 0 heterocycles. The molecule has 0 aliphatic carbocycles. The highest BCUT2D eigenvalue weighted by molar-refractivity contribution is 5.95. The highest BCUT2D eigenvalue weighted by atomic mass is 16.5. The minimum Gasteiger partial charge on any atom is -0.468 e. The first-order valence-corrected chi connectivity index (χ1v) is 5.21. The Morgan fingerprint density at radius 1 is 1.29 bits per heavy atom. The average molecular weight is 235 g/mol. The molecule has 0 N–H and O–H groups in total. The number of rotatable bonds is 4. The first kappa shape index (κ1) is 13.2. The predicted molar refractivity (Wildman–Crippen MR) is 61.2 cm³/mol. The van der Waals surface area contributed by atoms with Crippen LogP contribution in [0.4, 0.5) is 0 Å². The van der Waals surface area contributed by atoms with Crippen molar-refractivity contribution in [2.45, 2.75) is 13.3 Å². The number of benzene rings is 1. The summed E-state index contributed by atoms with van der Waals surface area (Å²) in [5, 5.41) is 0. The molecule has 1 rings (SSSR count). The van der Waals surface area contributed by atoms with Crippen molar-refractivity contribution in [2.24, 2.45) is 5.92 Å². The van der Waals surface area contributed by atoms with Gasteiger partial charge in [0.25, 0.3) is 0 Å². The molecule has 4 heteroatoms. The zero-order chi connectivity index (χ0) is 12.8.